The second kappa shape index (κ2) is 5.29. The summed E-state index contributed by atoms with van der Waals surface area (Å²) in [6, 6.07) is 3.94. The van der Waals surface area contributed by atoms with Crippen molar-refractivity contribution in [3.05, 3.63) is 30.1 Å². The van der Waals surface area contributed by atoms with Crippen LogP contribution in [-0.2, 0) is 0 Å². The highest BCUT2D eigenvalue weighted by atomic mass is 14.6. The Kier molecular flexibility index (Phi) is 6.47. The Labute approximate surface area is 57.8 Å². The lowest BCUT2D eigenvalue weighted by molar-refractivity contribution is 1.29. The van der Waals surface area contributed by atoms with Gasteiger partial charge in [0.1, 0.15) is 0 Å². The third-order valence-corrected chi connectivity index (χ3v) is 0.847. The Balaban J connectivity index is 0. The third kappa shape index (κ3) is 3.71. The van der Waals surface area contributed by atoms with E-state index in [1.165, 1.54) is 5.56 Å². The molecule has 52 valence electrons. The summed E-state index contributed by atoms with van der Waals surface area (Å²) >= 11 is 0. The number of hydrogen-bond acceptors (Lipinski definition) is 1. The van der Waals surface area contributed by atoms with E-state index in [4.69, 9.17) is 0 Å². The molecule has 0 N–H and O–H groups in total. The van der Waals surface area contributed by atoms with Gasteiger partial charge in [-0.3, -0.25) is 4.98 Å². The number of pyridine rings is 1. The van der Waals surface area contributed by atoms with Gasteiger partial charge in [0.2, 0.25) is 0 Å². The maximum absolute atomic E-state index is 3.85. The molecule has 0 saturated carbocycles. The van der Waals surface area contributed by atoms with Crippen LogP contribution in [0.2, 0.25) is 0 Å². The van der Waals surface area contributed by atoms with E-state index < -0.39 is 0 Å². The van der Waals surface area contributed by atoms with E-state index in [0.29, 0.717) is 0 Å². The molecule has 0 amide bonds. The summed E-state index contributed by atoms with van der Waals surface area (Å²) in [4.78, 5) is 3.85. The van der Waals surface area contributed by atoms with E-state index >= 15 is 0 Å². The molecule has 1 heteroatoms. The maximum Gasteiger partial charge on any atom is 0.0270 e. The summed E-state index contributed by atoms with van der Waals surface area (Å²) in [6.07, 6.45) is 3.57. The predicted octanol–water partition coefficient (Wildman–Crippen LogP) is 2.66. The Hall–Kier alpha value is -0.850. The van der Waals surface area contributed by atoms with E-state index in [1.54, 1.807) is 12.4 Å². The number of nitrogens with zero attached hydrogens (tertiary/aromatic N) is 1. The van der Waals surface area contributed by atoms with Gasteiger partial charge in [-0.1, -0.05) is 14.9 Å². The minimum absolute atomic E-state index is 0. The summed E-state index contributed by atoms with van der Waals surface area (Å²) in [5, 5.41) is 0. The largest absolute Gasteiger partial charge is 0.265 e. The van der Waals surface area contributed by atoms with Gasteiger partial charge in [0.15, 0.2) is 0 Å². The second-order valence-corrected chi connectivity index (χ2v) is 1.52. The van der Waals surface area contributed by atoms with Gasteiger partial charge in [0.25, 0.3) is 0 Å². The van der Waals surface area contributed by atoms with Gasteiger partial charge in [-0.2, -0.15) is 0 Å². The highest BCUT2D eigenvalue weighted by molar-refractivity contribution is 5.05. The van der Waals surface area contributed by atoms with Crippen molar-refractivity contribution in [3.8, 4) is 0 Å². The molecule has 0 aromatic carbocycles. The molecule has 0 spiro atoms. The zero-order chi connectivity index (χ0) is 5.11. The van der Waals surface area contributed by atoms with Crippen LogP contribution >= 0.6 is 0 Å². The fourth-order valence-corrected chi connectivity index (χ4v) is 0.426. The lowest BCUT2D eigenvalue weighted by Gasteiger charge is -1.82. The smallest absolute Gasteiger partial charge is 0.0270 e. The summed E-state index contributed by atoms with van der Waals surface area (Å²) in [5.74, 6) is 0. The van der Waals surface area contributed by atoms with Crippen LogP contribution in [0.3, 0.4) is 0 Å². The van der Waals surface area contributed by atoms with Crippen LogP contribution < -0.4 is 0 Å². The Morgan fingerprint density at radius 3 is 1.78 bits per heavy atom. The van der Waals surface area contributed by atoms with Gasteiger partial charge in [0, 0.05) is 12.4 Å². The van der Waals surface area contributed by atoms with Crippen molar-refractivity contribution in [3.63, 3.8) is 0 Å². The molecular weight excluding hydrogens is 110 g/mol. The first-order chi connectivity index (χ1) is 3.39. The number of rotatable bonds is 0. The average Bonchev–Trinajstić information content (AvgIpc) is 1.69. The van der Waals surface area contributed by atoms with Crippen molar-refractivity contribution in [2.45, 2.75) is 21.8 Å². The van der Waals surface area contributed by atoms with Gasteiger partial charge in [-0.25, -0.2) is 0 Å². The van der Waals surface area contributed by atoms with E-state index in [9.17, 15) is 0 Å². The first-order valence-electron chi connectivity index (χ1n) is 2.26. The molecule has 0 saturated heterocycles. The van der Waals surface area contributed by atoms with Crippen LogP contribution in [-0.4, -0.2) is 4.98 Å². The highest BCUT2D eigenvalue weighted by Gasteiger charge is 1.72. The van der Waals surface area contributed by atoms with Crippen LogP contribution in [0.4, 0.5) is 0 Å². The minimum Gasteiger partial charge on any atom is -0.265 e. The van der Waals surface area contributed by atoms with Crippen LogP contribution in [0.5, 0.6) is 0 Å². The van der Waals surface area contributed by atoms with Crippen LogP contribution in [0, 0.1) is 6.92 Å². The zero-order valence-corrected chi connectivity index (χ0v) is 4.26. The van der Waals surface area contributed by atoms with Crippen LogP contribution in [0.15, 0.2) is 24.5 Å². The molecule has 1 aromatic heterocycles. The topological polar surface area (TPSA) is 12.9 Å². The molecule has 0 fully saturated rings. The maximum atomic E-state index is 3.85. The molecule has 0 radical (unpaired) electrons. The Morgan fingerprint density at radius 2 is 1.56 bits per heavy atom. The second-order valence-electron chi connectivity index (χ2n) is 1.52. The van der Waals surface area contributed by atoms with E-state index in [1.807, 2.05) is 19.1 Å². The quantitative estimate of drug-likeness (QED) is 0.519. The molecule has 1 aromatic rings. The molecule has 9 heavy (non-hydrogen) atoms. The highest BCUT2D eigenvalue weighted by Crippen LogP contribution is 1.88. The molecule has 1 heterocycles. The normalized spacial score (nSPS) is 6.78. The zero-order valence-electron chi connectivity index (χ0n) is 4.26. The lowest BCUT2D eigenvalue weighted by atomic mass is 10.3. The summed E-state index contributed by atoms with van der Waals surface area (Å²) in [5.41, 5.74) is 1.26. The fraction of sp³-hybridized carbons (Fsp3) is 0.375. The van der Waals surface area contributed by atoms with Crippen molar-refractivity contribution in [1.82, 2.24) is 4.98 Å². The van der Waals surface area contributed by atoms with Gasteiger partial charge < -0.3 is 0 Å². The Bertz CT molecular complexity index is 134. The molecule has 0 aliphatic carbocycles. The number of aryl methyl sites for hydroxylation is 1. The summed E-state index contributed by atoms with van der Waals surface area (Å²) in [6.45, 7) is 2.04. The van der Waals surface area contributed by atoms with Gasteiger partial charge >= 0.3 is 0 Å². The molecule has 1 rings (SSSR count). The molecule has 0 aliphatic rings. The minimum atomic E-state index is 0. The van der Waals surface area contributed by atoms with Crippen molar-refractivity contribution in [1.29, 1.82) is 0 Å². The van der Waals surface area contributed by atoms with E-state index in [0.717, 1.165) is 0 Å². The van der Waals surface area contributed by atoms with Gasteiger partial charge in [-0.15, -0.1) is 0 Å². The first-order valence-corrected chi connectivity index (χ1v) is 2.26. The van der Waals surface area contributed by atoms with Gasteiger partial charge in [0.05, 0.1) is 0 Å². The standard InChI is InChI=1S/C6H7N.2CH4/c1-6-2-4-7-5-3-6;;/h2-5H,1H3;2*1H4. The number of aromatic nitrogens is 1. The Morgan fingerprint density at radius 1 is 1.11 bits per heavy atom. The molecular formula is C8H15N. The van der Waals surface area contributed by atoms with Crippen molar-refractivity contribution in [2.75, 3.05) is 0 Å². The van der Waals surface area contributed by atoms with Crippen LogP contribution in [0.1, 0.15) is 20.4 Å². The van der Waals surface area contributed by atoms with Crippen molar-refractivity contribution >= 4 is 0 Å². The first kappa shape index (κ1) is 11.0. The van der Waals surface area contributed by atoms with Crippen molar-refractivity contribution in [2.24, 2.45) is 0 Å². The van der Waals surface area contributed by atoms with Crippen LogP contribution in [0.25, 0.3) is 0 Å². The number of hydrogen-bond donors (Lipinski definition) is 0. The lowest BCUT2D eigenvalue weighted by Crippen LogP contribution is -1.68. The van der Waals surface area contributed by atoms with E-state index in [-0.39, 0.29) is 14.9 Å². The fourth-order valence-electron chi connectivity index (χ4n) is 0.426. The molecule has 0 unspecified atom stereocenters. The van der Waals surface area contributed by atoms with Gasteiger partial charge in [-0.05, 0) is 24.6 Å². The third-order valence-electron chi connectivity index (χ3n) is 0.847. The monoisotopic (exact) mass is 125 g/mol. The summed E-state index contributed by atoms with van der Waals surface area (Å²) < 4.78 is 0. The molecule has 0 aliphatic heterocycles. The SMILES string of the molecule is C.C.Cc1ccncc1. The molecule has 1 nitrogen and oxygen atoms in total. The average molecular weight is 125 g/mol. The predicted molar refractivity (Wildman–Crippen MR) is 42.4 cm³/mol. The van der Waals surface area contributed by atoms with E-state index in [2.05, 4.69) is 4.98 Å². The molecule has 0 atom stereocenters. The summed E-state index contributed by atoms with van der Waals surface area (Å²) in [7, 11) is 0. The molecule has 0 bridgehead atoms. The van der Waals surface area contributed by atoms with Crippen molar-refractivity contribution < 1.29 is 0 Å².